The molecule has 6 heteroatoms. The summed E-state index contributed by atoms with van der Waals surface area (Å²) in [4.78, 5) is 25.8. The molecule has 0 saturated heterocycles. The van der Waals surface area contributed by atoms with Crippen LogP contribution in [0.1, 0.15) is 47.4 Å². The van der Waals surface area contributed by atoms with E-state index in [-0.39, 0.29) is 18.5 Å². The molecule has 1 aliphatic heterocycles. The van der Waals surface area contributed by atoms with Crippen molar-refractivity contribution in [3.8, 4) is 0 Å². The van der Waals surface area contributed by atoms with E-state index in [1.807, 2.05) is 38.1 Å². The lowest BCUT2D eigenvalue weighted by atomic mass is 9.89. The fourth-order valence-electron chi connectivity index (χ4n) is 2.87. The molecule has 23 heavy (non-hydrogen) atoms. The molecule has 0 saturated carbocycles. The Morgan fingerprint density at radius 3 is 2.65 bits per heavy atom. The fourth-order valence-corrected chi connectivity index (χ4v) is 2.87. The largest absolute Gasteiger partial charge is 0.481 e. The van der Waals surface area contributed by atoms with Gasteiger partial charge in [-0.15, -0.1) is 0 Å². The average Bonchev–Trinajstić information content (AvgIpc) is 3.03. The van der Waals surface area contributed by atoms with Crippen molar-refractivity contribution in [1.82, 2.24) is 14.7 Å². The number of carboxylic acids is 1. The maximum absolute atomic E-state index is 12.7. The molecule has 120 valence electrons. The van der Waals surface area contributed by atoms with Crippen LogP contribution in [0.2, 0.25) is 0 Å². The molecule has 1 amide bonds. The molecule has 1 aliphatic rings. The highest BCUT2D eigenvalue weighted by Gasteiger charge is 2.33. The van der Waals surface area contributed by atoms with Gasteiger partial charge in [0.2, 0.25) is 0 Å². The first kappa shape index (κ1) is 15.3. The van der Waals surface area contributed by atoms with Gasteiger partial charge in [0.15, 0.2) is 0 Å². The fraction of sp³-hybridized carbons (Fsp3) is 0.353. The van der Waals surface area contributed by atoms with Crippen molar-refractivity contribution in [2.45, 2.75) is 32.4 Å². The number of aliphatic carboxylic acids is 1. The van der Waals surface area contributed by atoms with Crippen LogP contribution in [0.5, 0.6) is 0 Å². The highest BCUT2D eigenvalue weighted by atomic mass is 16.4. The minimum Gasteiger partial charge on any atom is -0.481 e. The van der Waals surface area contributed by atoms with Crippen LogP contribution in [0, 0.1) is 0 Å². The number of carboxylic acid groups (broad SMARTS) is 1. The van der Waals surface area contributed by atoms with Gasteiger partial charge in [-0.3, -0.25) is 14.3 Å². The van der Waals surface area contributed by atoms with Gasteiger partial charge in [0.25, 0.3) is 5.91 Å². The van der Waals surface area contributed by atoms with Gasteiger partial charge in [0, 0.05) is 25.3 Å². The maximum atomic E-state index is 12.7. The first-order chi connectivity index (χ1) is 11.0. The van der Waals surface area contributed by atoms with Crippen LogP contribution >= 0.6 is 0 Å². The molecule has 3 rings (SSSR count). The summed E-state index contributed by atoms with van der Waals surface area (Å²) in [7, 11) is 0. The van der Waals surface area contributed by atoms with Gasteiger partial charge in [-0.1, -0.05) is 24.3 Å². The average molecular weight is 313 g/mol. The molecular formula is C17H19N3O3. The lowest BCUT2D eigenvalue weighted by molar-refractivity contribution is -0.139. The van der Waals surface area contributed by atoms with E-state index in [0.717, 1.165) is 11.1 Å². The Morgan fingerprint density at radius 1 is 1.26 bits per heavy atom. The Bertz CT molecular complexity index is 751. The third-order valence-corrected chi connectivity index (χ3v) is 4.14. The van der Waals surface area contributed by atoms with Crippen molar-refractivity contribution in [2.75, 3.05) is 6.54 Å². The van der Waals surface area contributed by atoms with Gasteiger partial charge in [-0.2, -0.15) is 5.10 Å². The van der Waals surface area contributed by atoms with E-state index < -0.39 is 11.9 Å². The van der Waals surface area contributed by atoms with E-state index in [1.54, 1.807) is 21.8 Å². The van der Waals surface area contributed by atoms with Crippen LogP contribution in [0.25, 0.3) is 0 Å². The molecule has 0 spiro atoms. The third-order valence-electron chi connectivity index (χ3n) is 4.14. The molecule has 0 aliphatic carbocycles. The minimum atomic E-state index is -0.914. The van der Waals surface area contributed by atoms with Crippen LogP contribution in [0.3, 0.4) is 0 Å². The Kier molecular flexibility index (Phi) is 3.90. The molecule has 0 radical (unpaired) electrons. The molecule has 0 bridgehead atoms. The molecule has 0 fully saturated rings. The van der Waals surface area contributed by atoms with Crippen molar-refractivity contribution < 1.29 is 14.7 Å². The number of nitrogens with zero attached hydrogens (tertiary/aromatic N) is 3. The lowest BCUT2D eigenvalue weighted by Crippen LogP contribution is -2.40. The van der Waals surface area contributed by atoms with Crippen molar-refractivity contribution in [3.63, 3.8) is 0 Å². The maximum Gasteiger partial charge on any atom is 0.312 e. The number of fused-ring (bicyclic) bond motifs is 1. The Morgan fingerprint density at radius 2 is 2.00 bits per heavy atom. The van der Waals surface area contributed by atoms with Gasteiger partial charge in [-0.05, 0) is 31.0 Å². The number of aromatic nitrogens is 2. The molecule has 6 nitrogen and oxygen atoms in total. The number of carbonyl (C=O) groups excluding carboxylic acids is 1. The van der Waals surface area contributed by atoms with Crippen LogP contribution in [-0.2, 0) is 11.3 Å². The lowest BCUT2D eigenvalue weighted by Gasteiger charge is -2.32. The summed E-state index contributed by atoms with van der Waals surface area (Å²) in [5, 5.41) is 13.8. The Hall–Kier alpha value is -2.63. The summed E-state index contributed by atoms with van der Waals surface area (Å²) in [5.41, 5.74) is 2.02. The second-order valence-electron chi connectivity index (χ2n) is 6.05. The molecule has 1 atom stereocenters. The number of hydrogen-bond acceptors (Lipinski definition) is 3. The topological polar surface area (TPSA) is 75.4 Å². The predicted octanol–water partition coefficient (Wildman–Crippen LogP) is 2.29. The Labute approximate surface area is 134 Å². The normalized spacial score (nSPS) is 17.2. The van der Waals surface area contributed by atoms with Crippen molar-refractivity contribution in [3.05, 3.63) is 53.3 Å². The number of carbonyl (C=O) groups is 2. The van der Waals surface area contributed by atoms with Crippen molar-refractivity contribution in [2.24, 2.45) is 0 Å². The molecule has 2 aromatic rings. The molecule has 1 aromatic carbocycles. The molecule has 2 heterocycles. The zero-order valence-electron chi connectivity index (χ0n) is 13.1. The summed E-state index contributed by atoms with van der Waals surface area (Å²) in [6.45, 7) is 4.55. The highest BCUT2D eigenvalue weighted by Crippen LogP contribution is 2.29. The van der Waals surface area contributed by atoms with Crippen LogP contribution in [-0.4, -0.2) is 38.2 Å². The number of benzene rings is 1. The van der Waals surface area contributed by atoms with E-state index in [2.05, 4.69) is 5.10 Å². The van der Waals surface area contributed by atoms with Gasteiger partial charge in [-0.25, -0.2) is 0 Å². The SMILES string of the molecule is CC(C)n1ccc(C(=O)N2Cc3ccccc3C(C(=O)O)C2)n1. The van der Waals surface area contributed by atoms with Crippen LogP contribution < -0.4 is 0 Å². The molecule has 1 unspecified atom stereocenters. The van der Waals surface area contributed by atoms with E-state index in [4.69, 9.17) is 0 Å². The predicted molar refractivity (Wildman–Crippen MR) is 84.2 cm³/mol. The second-order valence-corrected chi connectivity index (χ2v) is 6.05. The number of rotatable bonds is 3. The van der Waals surface area contributed by atoms with Gasteiger partial charge < -0.3 is 10.0 Å². The second kappa shape index (κ2) is 5.87. The summed E-state index contributed by atoms with van der Waals surface area (Å²) in [5.74, 6) is -1.84. The Balaban J connectivity index is 1.89. The summed E-state index contributed by atoms with van der Waals surface area (Å²) >= 11 is 0. The highest BCUT2D eigenvalue weighted by molar-refractivity contribution is 5.93. The molecule has 1 aromatic heterocycles. The summed E-state index contributed by atoms with van der Waals surface area (Å²) in [6.07, 6.45) is 1.77. The first-order valence-electron chi connectivity index (χ1n) is 7.62. The molecular weight excluding hydrogens is 294 g/mol. The zero-order valence-corrected chi connectivity index (χ0v) is 13.1. The minimum absolute atomic E-state index is 0.166. The molecule has 1 N–H and O–H groups in total. The van der Waals surface area contributed by atoms with Crippen molar-refractivity contribution >= 4 is 11.9 Å². The quantitative estimate of drug-likeness (QED) is 0.943. The monoisotopic (exact) mass is 313 g/mol. The van der Waals surface area contributed by atoms with Gasteiger partial charge >= 0.3 is 5.97 Å². The summed E-state index contributed by atoms with van der Waals surface area (Å²) in [6, 6.07) is 9.24. The third kappa shape index (κ3) is 2.84. The first-order valence-corrected chi connectivity index (χ1v) is 7.62. The van der Waals surface area contributed by atoms with Crippen LogP contribution in [0.4, 0.5) is 0 Å². The van der Waals surface area contributed by atoms with E-state index in [1.165, 1.54) is 0 Å². The summed E-state index contributed by atoms with van der Waals surface area (Å²) < 4.78 is 1.72. The zero-order chi connectivity index (χ0) is 16.6. The smallest absolute Gasteiger partial charge is 0.312 e. The standard InChI is InChI=1S/C17H19N3O3/c1-11(2)20-8-7-15(18-20)16(21)19-9-12-5-3-4-6-13(12)14(10-19)17(22)23/h3-8,11,14H,9-10H2,1-2H3,(H,22,23). The van der Waals surface area contributed by atoms with E-state index in [0.29, 0.717) is 12.2 Å². The van der Waals surface area contributed by atoms with E-state index >= 15 is 0 Å². The van der Waals surface area contributed by atoms with Gasteiger partial charge in [0.1, 0.15) is 5.69 Å². The number of hydrogen-bond donors (Lipinski definition) is 1. The van der Waals surface area contributed by atoms with Crippen molar-refractivity contribution in [1.29, 1.82) is 0 Å². The van der Waals surface area contributed by atoms with Crippen LogP contribution in [0.15, 0.2) is 36.5 Å². The number of amides is 1. The van der Waals surface area contributed by atoms with E-state index in [9.17, 15) is 14.7 Å². The van der Waals surface area contributed by atoms with Gasteiger partial charge in [0.05, 0.1) is 5.92 Å².